The van der Waals surface area contributed by atoms with Crippen LogP contribution >= 0.6 is 24.0 Å². The summed E-state index contributed by atoms with van der Waals surface area (Å²) in [4.78, 5) is 11.4. The van der Waals surface area contributed by atoms with Crippen molar-refractivity contribution in [2.45, 2.75) is 45.6 Å². The first-order valence-corrected chi connectivity index (χ1v) is 9.63. The molecule has 1 saturated heterocycles. The van der Waals surface area contributed by atoms with E-state index in [0.717, 1.165) is 76.8 Å². The van der Waals surface area contributed by atoms with Gasteiger partial charge < -0.3 is 20.3 Å². The van der Waals surface area contributed by atoms with Gasteiger partial charge in [-0.15, -0.1) is 24.0 Å². The number of anilines is 1. The van der Waals surface area contributed by atoms with Gasteiger partial charge in [-0.2, -0.15) is 0 Å². The fourth-order valence-electron chi connectivity index (χ4n) is 3.00. The van der Waals surface area contributed by atoms with E-state index < -0.39 is 0 Å². The monoisotopic (exact) mass is 475 g/mol. The molecule has 1 aliphatic heterocycles. The summed E-state index contributed by atoms with van der Waals surface area (Å²) in [6, 6.07) is 5.92. The Labute approximate surface area is 175 Å². The van der Waals surface area contributed by atoms with Gasteiger partial charge in [0.25, 0.3) is 0 Å². The van der Waals surface area contributed by atoms with Gasteiger partial charge in [0.2, 0.25) is 0 Å². The summed E-state index contributed by atoms with van der Waals surface area (Å²) in [5.41, 5.74) is 0. The zero-order valence-corrected chi connectivity index (χ0v) is 18.4. The topological polar surface area (TPSA) is 61.8 Å². The molecule has 0 aromatic carbocycles. The molecule has 1 fully saturated rings. The van der Waals surface area contributed by atoms with Crippen LogP contribution in [0.5, 0.6) is 0 Å². The molecule has 0 bridgehead atoms. The SMILES string of the molecule is CCNC(=NCCCCNc1ccccn1)N1CCC(OCC)CC1.I. The lowest BCUT2D eigenvalue weighted by molar-refractivity contribution is 0.0264. The average Bonchev–Trinajstić information content (AvgIpc) is 2.65. The number of ether oxygens (including phenoxy) is 1. The van der Waals surface area contributed by atoms with E-state index in [-0.39, 0.29) is 24.0 Å². The van der Waals surface area contributed by atoms with Crippen LogP contribution in [0.1, 0.15) is 39.5 Å². The summed E-state index contributed by atoms with van der Waals surface area (Å²) in [6.45, 7) is 9.76. The molecule has 0 aliphatic carbocycles. The number of unbranched alkanes of at least 4 members (excludes halogenated alkanes) is 1. The molecule has 1 aromatic rings. The van der Waals surface area contributed by atoms with Crippen molar-refractivity contribution in [1.29, 1.82) is 0 Å². The maximum Gasteiger partial charge on any atom is 0.193 e. The highest BCUT2D eigenvalue weighted by molar-refractivity contribution is 14.0. The van der Waals surface area contributed by atoms with Crippen molar-refractivity contribution in [3.63, 3.8) is 0 Å². The number of piperidine rings is 1. The Balaban J connectivity index is 0.00000338. The van der Waals surface area contributed by atoms with E-state index in [4.69, 9.17) is 9.73 Å². The van der Waals surface area contributed by atoms with Crippen molar-refractivity contribution < 1.29 is 4.74 Å². The van der Waals surface area contributed by atoms with Crippen LogP contribution in [0, 0.1) is 0 Å². The Morgan fingerprint density at radius 1 is 1.27 bits per heavy atom. The number of halogens is 1. The molecular formula is C19H34IN5O. The van der Waals surface area contributed by atoms with Crippen LogP contribution in [0.4, 0.5) is 5.82 Å². The molecule has 26 heavy (non-hydrogen) atoms. The summed E-state index contributed by atoms with van der Waals surface area (Å²) < 4.78 is 5.73. The zero-order valence-electron chi connectivity index (χ0n) is 16.1. The number of pyridine rings is 1. The standard InChI is InChI=1S/C19H33N5O.HI/c1-3-20-19(24-15-10-17(11-16-24)25-4-2)23-14-8-7-13-22-18-9-5-6-12-21-18;/h5-6,9,12,17H,3-4,7-8,10-11,13-16H2,1-2H3,(H,20,23)(H,21,22);1H. The maximum atomic E-state index is 5.73. The number of hydrogen-bond acceptors (Lipinski definition) is 4. The van der Waals surface area contributed by atoms with Crippen molar-refractivity contribution in [3.05, 3.63) is 24.4 Å². The van der Waals surface area contributed by atoms with Gasteiger partial charge in [0.05, 0.1) is 6.10 Å². The highest BCUT2D eigenvalue weighted by Gasteiger charge is 2.21. The molecule has 1 aromatic heterocycles. The van der Waals surface area contributed by atoms with Crippen LogP contribution in [0.25, 0.3) is 0 Å². The fraction of sp³-hybridized carbons (Fsp3) is 0.684. The highest BCUT2D eigenvalue weighted by Crippen LogP contribution is 2.13. The van der Waals surface area contributed by atoms with Gasteiger partial charge in [0.15, 0.2) is 5.96 Å². The quantitative estimate of drug-likeness (QED) is 0.248. The molecule has 2 rings (SSSR count). The first kappa shape index (κ1) is 23.0. The molecule has 0 atom stereocenters. The number of hydrogen-bond donors (Lipinski definition) is 2. The van der Waals surface area contributed by atoms with E-state index in [0.29, 0.717) is 6.10 Å². The van der Waals surface area contributed by atoms with E-state index in [1.165, 1.54) is 0 Å². The number of nitrogens with zero attached hydrogens (tertiary/aromatic N) is 3. The summed E-state index contributed by atoms with van der Waals surface area (Å²) in [5, 5.41) is 6.76. The van der Waals surface area contributed by atoms with Gasteiger partial charge in [0, 0.05) is 45.5 Å². The van der Waals surface area contributed by atoms with Crippen molar-refractivity contribution in [3.8, 4) is 0 Å². The summed E-state index contributed by atoms with van der Waals surface area (Å²) in [5.74, 6) is 1.99. The molecule has 1 aliphatic rings. The maximum absolute atomic E-state index is 5.73. The number of nitrogens with one attached hydrogen (secondary N) is 2. The molecule has 0 radical (unpaired) electrons. The largest absolute Gasteiger partial charge is 0.378 e. The Kier molecular flexibility index (Phi) is 12.4. The fourth-order valence-corrected chi connectivity index (χ4v) is 3.00. The van der Waals surface area contributed by atoms with Crippen molar-refractivity contribution in [1.82, 2.24) is 15.2 Å². The molecule has 0 saturated carbocycles. The van der Waals surface area contributed by atoms with Gasteiger partial charge in [0.1, 0.15) is 5.82 Å². The lowest BCUT2D eigenvalue weighted by Gasteiger charge is -2.34. The van der Waals surface area contributed by atoms with Crippen LogP contribution in [0.3, 0.4) is 0 Å². The predicted octanol–water partition coefficient (Wildman–Crippen LogP) is 3.36. The average molecular weight is 475 g/mol. The Hall–Kier alpha value is -1.09. The van der Waals surface area contributed by atoms with Gasteiger partial charge in [-0.1, -0.05) is 6.07 Å². The minimum Gasteiger partial charge on any atom is -0.378 e. The molecule has 6 nitrogen and oxygen atoms in total. The number of likely N-dealkylation sites (tertiary alicyclic amines) is 1. The van der Waals surface area contributed by atoms with Crippen molar-refractivity contribution >= 4 is 35.8 Å². The number of aromatic nitrogens is 1. The van der Waals surface area contributed by atoms with E-state index in [2.05, 4.69) is 34.4 Å². The van der Waals surface area contributed by atoms with Gasteiger partial charge in [-0.25, -0.2) is 4.98 Å². The highest BCUT2D eigenvalue weighted by atomic mass is 127. The third kappa shape index (κ3) is 8.53. The van der Waals surface area contributed by atoms with Crippen LogP contribution in [0.15, 0.2) is 29.4 Å². The Morgan fingerprint density at radius 2 is 2.08 bits per heavy atom. The molecule has 0 unspecified atom stereocenters. The van der Waals surface area contributed by atoms with Crippen molar-refractivity contribution in [2.75, 3.05) is 44.6 Å². The lowest BCUT2D eigenvalue weighted by atomic mass is 10.1. The van der Waals surface area contributed by atoms with Crippen LogP contribution in [-0.4, -0.2) is 61.3 Å². The Bertz CT molecular complexity index is 492. The van der Waals surface area contributed by atoms with Gasteiger partial charge >= 0.3 is 0 Å². The van der Waals surface area contributed by atoms with E-state index in [1.807, 2.05) is 24.4 Å². The second-order valence-corrected chi connectivity index (χ2v) is 6.23. The molecule has 0 amide bonds. The predicted molar refractivity (Wildman–Crippen MR) is 120 cm³/mol. The molecule has 7 heteroatoms. The van der Waals surface area contributed by atoms with E-state index in [1.54, 1.807) is 0 Å². The molecular weight excluding hydrogens is 441 g/mol. The number of guanidine groups is 1. The molecule has 0 spiro atoms. The summed E-state index contributed by atoms with van der Waals surface area (Å²) in [7, 11) is 0. The number of aliphatic imine (C=N–C) groups is 1. The van der Waals surface area contributed by atoms with Crippen molar-refractivity contribution in [2.24, 2.45) is 4.99 Å². The minimum absolute atomic E-state index is 0. The van der Waals surface area contributed by atoms with Crippen LogP contribution in [-0.2, 0) is 4.74 Å². The first-order valence-electron chi connectivity index (χ1n) is 9.63. The first-order chi connectivity index (χ1) is 12.3. The zero-order chi connectivity index (χ0) is 17.7. The summed E-state index contributed by atoms with van der Waals surface area (Å²) >= 11 is 0. The van der Waals surface area contributed by atoms with Crippen LogP contribution in [0.2, 0.25) is 0 Å². The van der Waals surface area contributed by atoms with Crippen LogP contribution < -0.4 is 10.6 Å². The Morgan fingerprint density at radius 3 is 2.73 bits per heavy atom. The molecule has 148 valence electrons. The van der Waals surface area contributed by atoms with E-state index >= 15 is 0 Å². The lowest BCUT2D eigenvalue weighted by Crippen LogP contribution is -2.47. The third-order valence-corrected chi connectivity index (χ3v) is 4.30. The molecule has 2 heterocycles. The second-order valence-electron chi connectivity index (χ2n) is 6.23. The van der Waals surface area contributed by atoms with Gasteiger partial charge in [-0.3, -0.25) is 4.99 Å². The summed E-state index contributed by atoms with van der Waals surface area (Å²) in [6.07, 6.45) is 6.57. The van der Waals surface area contributed by atoms with E-state index in [9.17, 15) is 0 Å². The number of rotatable bonds is 9. The smallest absolute Gasteiger partial charge is 0.193 e. The third-order valence-electron chi connectivity index (χ3n) is 4.30. The normalized spacial score (nSPS) is 15.5. The minimum atomic E-state index is 0. The second kappa shape index (κ2) is 14.0. The molecule has 2 N–H and O–H groups in total. The van der Waals surface area contributed by atoms with Gasteiger partial charge in [-0.05, 0) is 51.7 Å².